The number of aromatic amines is 1. The van der Waals surface area contributed by atoms with Gasteiger partial charge in [-0.3, -0.25) is 4.79 Å². The Morgan fingerprint density at radius 3 is 2.73 bits per heavy atom. The highest BCUT2D eigenvalue weighted by molar-refractivity contribution is 5.91. The lowest BCUT2D eigenvalue weighted by Gasteiger charge is -2.29. The van der Waals surface area contributed by atoms with Crippen LogP contribution in [-0.2, 0) is 37.2 Å². The van der Waals surface area contributed by atoms with Crippen LogP contribution in [0, 0.1) is 6.92 Å². The molecule has 0 atom stereocenters. The maximum absolute atomic E-state index is 12.9. The molecule has 0 saturated heterocycles. The summed E-state index contributed by atoms with van der Waals surface area (Å²) >= 11 is 0. The summed E-state index contributed by atoms with van der Waals surface area (Å²) in [7, 11) is 0. The topological polar surface area (TPSA) is 123 Å². The smallest absolute Gasteiger partial charge is 0.246 e. The number of H-pyrrole nitrogens is 1. The number of carbonyl (C=O) groups is 1. The van der Waals surface area contributed by atoms with Crippen molar-refractivity contribution in [3.05, 3.63) is 106 Å². The molecule has 0 fully saturated rings. The highest BCUT2D eigenvalue weighted by Gasteiger charge is 2.28. The Balaban J connectivity index is 1.11. The highest BCUT2D eigenvalue weighted by atomic mass is 16.5. The zero-order valence-electron chi connectivity index (χ0n) is 22.5. The van der Waals surface area contributed by atoms with Crippen molar-refractivity contribution in [1.82, 2.24) is 30.5 Å². The van der Waals surface area contributed by atoms with Gasteiger partial charge in [-0.2, -0.15) is 5.21 Å². The minimum Gasteiger partial charge on any atom is -0.486 e. The molecule has 2 aromatic carbocycles. The lowest BCUT2D eigenvalue weighted by atomic mass is 9.96. The van der Waals surface area contributed by atoms with E-state index in [-0.39, 0.29) is 18.4 Å². The molecule has 1 N–H and O–H groups in total. The Labute approximate surface area is 236 Å². The van der Waals surface area contributed by atoms with E-state index in [1.54, 1.807) is 24.5 Å². The van der Waals surface area contributed by atoms with E-state index in [0.29, 0.717) is 36.8 Å². The SMILES string of the molecule is Cc1oc(C2Cc3ccccc3C2)nc1COc1cc2c(cc1-c1nn[nH]n1)CCN(C(=O)/C=C/c1ccco1)C2. The van der Waals surface area contributed by atoms with E-state index in [1.165, 1.54) is 11.1 Å². The molecule has 0 radical (unpaired) electrons. The van der Waals surface area contributed by atoms with Crippen molar-refractivity contribution in [3.8, 4) is 17.1 Å². The Hall–Kier alpha value is -4.99. The van der Waals surface area contributed by atoms with Gasteiger partial charge in [-0.15, -0.1) is 10.2 Å². The number of nitrogens with one attached hydrogen (secondary N) is 1. The molecule has 3 aromatic heterocycles. The molecule has 10 nitrogen and oxygen atoms in total. The van der Waals surface area contributed by atoms with Crippen LogP contribution < -0.4 is 4.74 Å². The molecule has 0 saturated carbocycles. The Bertz CT molecular complexity index is 1700. The third-order valence-electron chi connectivity index (χ3n) is 7.82. The normalized spacial score (nSPS) is 14.9. The number of tetrazole rings is 1. The number of aryl methyl sites for hydroxylation is 1. The molecule has 0 unspecified atom stereocenters. The van der Waals surface area contributed by atoms with Crippen molar-refractivity contribution in [3.63, 3.8) is 0 Å². The second kappa shape index (κ2) is 10.5. The summed E-state index contributed by atoms with van der Waals surface area (Å²) in [5.41, 5.74) is 6.34. The fraction of sp³-hybridized carbons (Fsp3) is 0.258. The highest BCUT2D eigenvalue weighted by Crippen LogP contribution is 2.36. The average Bonchev–Trinajstić information content (AvgIpc) is 3.81. The molecule has 0 bridgehead atoms. The number of fused-ring (bicyclic) bond motifs is 2. The fourth-order valence-corrected chi connectivity index (χ4v) is 5.63. The first-order valence-corrected chi connectivity index (χ1v) is 13.7. The molecule has 1 amide bonds. The number of amides is 1. The van der Waals surface area contributed by atoms with Gasteiger partial charge in [0.25, 0.3) is 0 Å². The molecule has 0 spiro atoms. The van der Waals surface area contributed by atoms with Gasteiger partial charge >= 0.3 is 0 Å². The van der Waals surface area contributed by atoms with Gasteiger partial charge in [-0.25, -0.2) is 4.98 Å². The van der Waals surface area contributed by atoms with Crippen molar-refractivity contribution in [1.29, 1.82) is 0 Å². The van der Waals surface area contributed by atoms with Crippen LogP contribution in [0.5, 0.6) is 5.75 Å². The van der Waals surface area contributed by atoms with E-state index in [1.807, 2.05) is 30.0 Å². The van der Waals surface area contributed by atoms with Crippen LogP contribution >= 0.6 is 0 Å². The number of furan rings is 1. The number of oxazole rings is 1. The summed E-state index contributed by atoms with van der Waals surface area (Å²) in [5, 5.41) is 14.7. The number of benzene rings is 2. The van der Waals surface area contributed by atoms with Gasteiger partial charge in [-0.05, 0) is 84.0 Å². The second-order valence-corrected chi connectivity index (χ2v) is 10.4. The van der Waals surface area contributed by atoms with Gasteiger partial charge < -0.3 is 18.5 Å². The number of hydrogen-bond donors (Lipinski definition) is 1. The molecule has 2 aliphatic rings. The van der Waals surface area contributed by atoms with Crippen LogP contribution in [0.15, 0.2) is 69.7 Å². The van der Waals surface area contributed by atoms with E-state index in [4.69, 9.17) is 18.6 Å². The van der Waals surface area contributed by atoms with Gasteiger partial charge in [0.05, 0.1) is 11.8 Å². The van der Waals surface area contributed by atoms with Crippen LogP contribution in [0.4, 0.5) is 0 Å². The zero-order chi connectivity index (χ0) is 27.8. The van der Waals surface area contributed by atoms with Gasteiger partial charge in [0, 0.05) is 25.1 Å². The molecule has 5 aromatic rings. The molecule has 10 heteroatoms. The molecule has 41 heavy (non-hydrogen) atoms. The van der Waals surface area contributed by atoms with Crippen LogP contribution in [0.2, 0.25) is 0 Å². The number of nitrogens with zero attached hydrogens (tertiary/aromatic N) is 5. The predicted octanol–water partition coefficient (Wildman–Crippen LogP) is 4.82. The zero-order valence-corrected chi connectivity index (χ0v) is 22.5. The van der Waals surface area contributed by atoms with Crippen LogP contribution in [0.1, 0.15) is 51.3 Å². The lowest BCUT2D eigenvalue weighted by molar-refractivity contribution is -0.126. The summed E-state index contributed by atoms with van der Waals surface area (Å²) in [5.74, 6) is 3.33. The first kappa shape index (κ1) is 25.0. The van der Waals surface area contributed by atoms with Gasteiger partial charge in [-0.1, -0.05) is 24.3 Å². The molecule has 4 heterocycles. The van der Waals surface area contributed by atoms with E-state index in [9.17, 15) is 4.79 Å². The largest absolute Gasteiger partial charge is 0.486 e. The molecule has 1 aliphatic heterocycles. The molecule has 206 valence electrons. The number of hydrogen-bond acceptors (Lipinski definition) is 8. The average molecular weight is 549 g/mol. The summed E-state index contributed by atoms with van der Waals surface area (Å²) < 4.78 is 17.8. The predicted molar refractivity (Wildman–Crippen MR) is 149 cm³/mol. The lowest BCUT2D eigenvalue weighted by Crippen LogP contribution is -2.34. The number of aromatic nitrogens is 5. The maximum atomic E-state index is 12.9. The molecule has 7 rings (SSSR count). The standard InChI is InChI=1S/C31H28N6O4/c1-19-27(32-31(41-19)23-13-20-5-2-3-6-21(20)14-23)18-40-28-16-24-17-37(29(38)9-8-25-7-4-12-39-25)11-10-22(24)15-26(28)30-33-35-36-34-30/h2-9,12,15-16,23H,10-11,13-14,17-18H2,1H3,(H,33,34,35,36)/b9-8+. The van der Waals surface area contributed by atoms with E-state index >= 15 is 0 Å². The van der Waals surface area contributed by atoms with Gasteiger partial charge in [0.15, 0.2) is 5.89 Å². The van der Waals surface area contributed by atoms with Gasteiger partial charge in [0.2, 0.25) is 11.7 Å². The number of ether oxygens (including phenoxy) is 1. The van der Waals surface area contributed by atoms with Crippen molar-refractivity contribution < 1.29 is 18.4 Å². The van der Waals surface area contributed by atoms with Crippen LogP contribution in [0.3, 0.4) is 0 Å². The third-order valence-corrected chi connectivity index (χ3v) is 7.82. The van der Waals surface area contributed by atoms with Crippen molar-refractivity contribution in [2.45, 2.75) is 45.3 Å². The third kappa shape index (κ3) is 5.04. The summed E-state index contributed by atoms with van der Waals surface area (Å²) in [6.45, 7) is 3.22. The Kier molecular flexibility index (Phi) is 6.42. The summed E-state index contributed by atoms with van der Waals surface area (Å²) in [6.07, 6.45) is 7.37. The van der Waals surface area contributed by atoms with Crippen LogP contribution in [-0.4, -0.2) is 43.0 Å². The van der Waals surface area contributed by atoms with E-state index in [0.717, 1.165) is 46.9 Å². The van der Waals surface area contributed by atoms with Gasteiger partial charge in [0.1, 0.15) is 29.6 Å². The maximum Gasteiger partial charge on any atom is 0.246 e. The summed E-state index contributed by atoms with van der Waals surface area (Å²) in [4.78, 5) is 19.5. The van der Waals surface area contributed by atoms with Crippen LogP contribution in [0.25, 0.3) is 17.5 Å². The van der Waals surface area contributed by atoms with E-state index in [2.05, 4.69) is 44.9 Å². The van der Waals surface area contributed by atoms with E-state index < -0.39 is 0 Å². The molecular weight excluding hydrogens is 520 g/mol. The first-order valence-electron chi connectivity index (χ1n) is 13.7. The number of rotatable bonds is 7. The first-order chi connectivity index (χ1) is 20.1. The quantitative estimate of drug-likeness (QED) is 0.287. The Morgan fingerprint density at radius 2 is 1.98 bits per heavy atom. The van der Waals surface area contributed by atoms with Crippen molar-refractivity contribution in [2.75, 3.05) is 6.54 Å². The fourth-order valence-electron chi connectivity index (χ4n) is 5.63. The molecular formula is C31H28N6O4. The monoisotopic (exact) mass is 548 g/mol. The number of carbonyl (C=O) groups excluding carboxylic acids is 1. The minimum absolute atomic E-state index is 0.0726. The summed E-state index contributed by atoms with van der Waals surface area (Å²) in [6, 6.07) is 16.1. The Morgan fingerprint density at radius 1 is 1.12 bits per heavy atom. The minimum atomic E-state index is -0.0726. The molecule has 1 aliphatic carbocycles. The second-order valence-electron chi connectivity index (χ2n) is 10.4. The van der Waals surface area contributed by atoms with Crippen molar-refractivity contribution in [2.24, 2.45) is 0 Å². The van der Waals surface area contributed by atoms with Crippen molar-refractivity contribution >= 4 is 12.0 Å².